The van der Waals surface area contributed by atoms with Gasteiger partial charge in [-0.15, -0.1) is 0 Å². The van der Waals surface area contributed by atoms with Crippen molar-refractivity contribution in [2.75, 3.05) is 4.90 Å². The van der Waals surface area contributed by atoms with Crippen molar-refractivity contribution in [1.29, 1.82) is 0 Å². The number of hydrogen-bond acceptors (Lipinski definition) is 3. The van der Waals surface area contributed by atoms with Crippen molar-refractivity contribution in [2.45, 2.75) is 26.3 Å². The van der Waals surface area contributed by atoms with Crippen molar-refractivity contribution in [2.24, 2.45) is 0 Å². The summed E-state index contributed by atoms with van der Waals surface area (Å²) >= 11 is 3.19. The van der Waals surface area contributed by atoms with Gasteiger partial charge in [-0.1, -0.05) is 0 Å². The standard InChI is InChI=1S/C9H12BrN3O2/c1-9(2,3)13(8(14)15)7-11-4-6(10)5-12-7/h4-5H,1-3H3,(H,14,15). The summed E-state index contributed by atoms with van der Waals surface area (Å²) < 4.78 is 0.713. The lowest BCUT2D eigenvalue weighted by molar-refractivity contribution is 0.195. The van der Waals surface area contributed by atoms with Gasteiger partial charge in [0.25, 0.3) is 0 Å². The number of anilines is 1. The van der Waals surface area contributed by atoms with E-state index in [-0.39, 0.29) is 5.95 Å². The van der Waals surface area contributed by atoms with Crippen LogP contribution in [-0.2, 0) is 0 Å². The van der Waals surface area contributed by atoms with E-state index in [9.17, 15) is 4.79 Å². The zero-order chi connectivity index (χ0) is 11.6. The van der Waals surface area contributed by atoms with Crippen molar-refractivity contribution in [3.8, 4) is 0 Å². The molecule has 1 aromatic heterocycles. The molecule has 0 aliphatic heterocycles. The van der Waals surface area contributed by atoms with Gasteiger partial charge in [0.2, 0.25) is 5.95 Å². The summed E-state index contributed by atoms with van der Waals surface area (Å²) in [5, 5.41) is 9.07. The maximum Gasteiger partial charge on any atom is 0.414 e. The van der Waals surface area contributed by atoms with Crippen LogP contribution in [0.3, 0.4) is 0 Å². The second-order valence-electron chi connectivity index (χ2n) is 3.99. The van der Waals surface area contributed by atoms with Gasteiger partial charge in [0, 0.05) is 17.9 Å². The molecule has 0 aromatic carbocycles. The molecule has 0 fully saturated rings. The normalized spacial score (nSPS) is 11.2. The van der Waals surface area contributed by atoms with Crippen LogP contribution >= 0.6 is 15.9 Å². The molecule has 5 nitrogen and oxygen atoms in total. The molecular weight excluding hydrogens is 262 g/mol. The van der Waals surface area contributed by atoms with Crippen LogP contribution in [0.25, 0.3) is 0 Å². The maximum atomic E-state index is 11.1. The van der Waals surface area contributed by atoms with E-state index in [0.717, 1.165) is 4.90 Å². The van der Waals surface area contributed by atoms with Crippen LogP contribution in [0.2, 0.25) is 0 Å². The third-order valence-corrected chi connectivity index (χ3v) is 2.08. The first kappa shape index (κ1) is 11.9. The summed E-state index contributed by atoms with van der Waals surface area (Å²) in [6.07, 6.45) is 1.97. The average molecular weight is 274 g/mol. The molecule has 0 saturated heterocycles. The number of nitrogens with zero attached hydrogens (tertiary/aromatic N) is 3. The smallest absolute Gasteiger partial charge is 0.414 e. The predicted molar refractivity (Wildman–Crippen MR) is 60.0 cm³/mol. The molecule has 0 atom stereocenters. The van der Waals surface area contributed by atoms with E-state index in [1.54, 1.807) is 20.8 Å². The summed E-state index contributed by atoms with van der Waals surface area (Å²) in [6, 6.07) is 0. The van der Waals surface area contributed by atoms with Gasteiger partial charge in [-0.2, -0.15) is 0 Å². The molecule has 1 heterocycles. The molecule has 0 radical (unpaired) electrons. The Morgan fingerprint density at radius 3 is 2.20 bits per heavy atom. The fourth-order valence-corrected chi connectivity index (χ4v) is 1.30. The zero-order valence-electron chi connectivity index (χ0n) is 8.73. The topological polar surface area (TPSA) is 66.3 Å². The monoisotopic (exact) mass is 273 g/mol. The molecule has 0 saturated carbocycles. The van der Waals surface area contributed by atoms with E-state index in [2.05, 4.69) is 25.9 Å². The number of hydrogen-bond donors (Lipinski definition) is 1. The second-order valence-corrected chi connectivity index (χ2v) is 4.91. The fraction of sp³-hybridized carbons (Fsp3) is 0.444. The van der Waals surface area contributed by atoms with Gasteiger partial charge in [-0.3, -0.25) is 0 Å². The quantitative estimate of drug-likeness (QED) is 0.854. The molecule has 1 N–H and O–H groups in total. The number of amides is 1. The van der Waals surface area contributed by atoms with Crippen LogP contribution in [-0.4, -0.2) is 26.7 Å². The van der Waals surface area contributed by atoms with E-state index in [1.807, 2.05) is 0 Å². The van der Waals surface area contributed by atoms with Gasteiger partial charge in [0.05, 0.1) is 4.47 Å². The maximum absolute atomic E-state index is 11.1. The van der Waals surface area contributed by atoms with Gasteiger partial charge < -0.3 is 5.11 Å². The van der Waals surface area contributed by atoms with Gasteiger partial charge >= 0.3 is 6.09 Å². The van der Waals surface area contributed by atoms with Crippen LogP contribution in [0.1, 0.15) is 20.8 Å². The van der Waals surface area contributed by atoms with E-state index in [4.69, 9.17) is 5.11 Å². The first-order valence-electron chi connectivity index (χ1n) is 4.33. The average Bonchev–Trinajstić information content (AvgIpc) is 2.05. The molecule has 0 aliphatic carbocycles. The van der Waals surface area contributed by atoms with E-state index < -0.39 is 11.6 Å². The molecule has 0 spiro atoms. The molecule has 1 rings (SSSR count). The molecule has 82 valence electrons. The van der Waals surface area contributed by atoms with E-state index in [0.29, 0.717) is 4.47 Å². The zero-order valence-corrected chi connectivity index (χ0v) is 10.3. The van der Waals surface area contributed by atoms with Gasteiger partial charge in [-0.25, -0.2) is 19.7 Å². The van der Waals surface area contributed by atoms with Crippen molar-refractivity contribution >= 4 is 28.0 Å². The third kappa shape index (κ3) is 2.89. The lowest BCUT2D eigenvalue weighted by atomic mass is 10.1. The summed E-state index contributed by atoms with van der Waals surface area (Å²) in [5.74, 6) is 0.179. The van der Waals surface area contributed by atoms with E-state index in [1.165, 1.54) is 12.4 Å². The van der Waals surface area contributed by atoms with Crippen LogP contribution in [0.5, 0.6) is 0 Å². The minimum Gasteiger partial charge on any atom is -0.465 e. The second kappa shape index (κ2) is 4.14. The number of carbonyl (C=O) groups is 1. The van der Waals surface area contributed by atoms with Gasteiger partial charge in [-0.05, 0) is 36.7 Å². The number of halogens is 1. The minimum atomic E-state index is -1.06. The fourth-order valence-electron chi connectivity index (χ4n) is 1.09. The van der Waals surface area contributed by atoms with E-state index >= 15 is 0 Å². The summed E-state index contributed by atoms with van der Waals surface area (Å²) in [7, 11) is 0. The summed E-state index contributed by atoms with van der Waals surface area (Å²) in [5.41, 5.74) is -0.570. The minimum absolute atomic E-state index is 0.179. The Labute approximate surface area is 96.3 Å². The van der Waals surface area contributed by atoms with Crippen molar-refractivity contribution < 1.29 is 9.90 Å². The highest BCUT2D eigenvalue weighted by Gasteiger charge is 2.29. The molecular formula is C9H12BrN3O2. The highest BCUT2D eigenvalue weighted by molar-refractivity contribution is 9.10. The molecule has 0 aliphatic rings. The molecule has 1 aromatic rings. The van der Waals surface area contributed by atoms with Crippen LogP contribution in [0.4, 0.5) is 10.7 Å². The summed E-state index contributed by atoms with van der Waals surface area (Å²) in [6.45, 7) is 5.35. The molecule has 0 unspecified atom stereocenters. The highest BCUT2D eigenvalue weighted by Crippen LogP contribution is 2.20. The molecule has 1 amide bonds. The third-order valence-electron chi connectivity index (χ3n) is 1.67. The lowest BCUT2D eigenvalue weighted by Gasteiger charge is -2.30. The van der Waals surface area contributed by atoms with Crippen LogP contribution in [0, 0.1) is 0 Å². The van der Waals surface area contributed by atoms with Crippen molar-refractivity contribution in [3.63, 3.8) is 0 Å². The molecule has 0 bridgehead atoms. The van der Waals surface area contributed by atoms with Crippen molar-refractivity contribution in [1.82, 2.24) is 9.97 Å². The Kier molecular flexibility index (Phi) is 3.28. The van der Waals surface area contributed by atoms with Gasteiger partial charge in [0.15, 0.2) is 0 Å². The molecule has 15 heavy (non-hydrogen) atoms. The van der Waals surface area contributed by atoms with Crippen LogP contribution in [0.15, 0.2) is 16.9 Å². The number of rotatable bonds is 1. The Bertz CT molecular complexity index is 359. The summed E-state index contributed by atoms with van der Waals surface area (Å²) in [4.78, 5) is 20.1. The van der Waals surface area contributed by atoms with Crippen molar-refractivity contribution in [3.05, 3.63) is 16.9 Å². The Morgan fingerprint density at radius 1 is 1.40 bits per heavy atom. The van der Waals surface area contributed by atoms with Crippen LogP contribution < -0.4 is 4.90 Å². The van der Waals surface area contributed by atoms with Gasteiger partial charge in [0.1, 0.15) is 0 Å². The first-order chi connectivity index (χ1) is 6.82. The first-order valence-corrected chi connectivity index (χ1v) is 5.12. The molecule has 6 heteroatoms. The SMILES string of the molecule is CC(C)(C)N(C(=O)O)c1ncc(Br)cn1. The number of carboxylic acid groups (broad SMARTS) is 1. The lowest BCUT2D eigenvalue weighted by Crippen LogP contribution is -2.46. The largest absolute Gasteiger partial charge is 0.465 e. The Hall–Kier alpha value is -1.17. The highest BCUT2D eigenvalue weighted by atomic mass is 79.9. The predicted octanol–water partition coefficient (Wildman–Crippen LogP) is 2.52. The Balaban J connectivity index is 3.11. The number of aromatic nitrogens is 2. The Morgan fingerprint density at radius 2 is 1.87 bits per heavy atom.